The molecule has 1 aliphatic heterocycles. The predicted molar refractivity (Wildman–Crippen MR) is 114 cm³/mol. The van der Waals surface area contributed by atoms with Crippen LogP contribution in [0.1, 0.15) is 50.0 Å². The smallest absolute Gasteiger partial charge is 0.137 e. The van der Waals surface area contributed by atoms with Crippen LogP contribution in [0.2, 0.25) is 0 Å². The molecule has 150 valence electrons. The minimum atomic E-state index is -0.751. The Morgan fingerprint density at radius 1 is 1.21 bits per heavy atom. The SMILES string of the molecule is CC(=O)[C@H](CN1CC[C@@](C)(c2cccc(C)c2)[C@@H](C)C1)[C@H](O)c1ccccc1. The van der Waals surface area contributed by atoms with Crippen molar-refractivity contribution in [3.8, 4) is 0 Å². The Kier molecular flexibility index (Phi) is 6.36. The fourth-order valence-electron chi connectivity index (χ4n) is 4.52. The molecule has 0 bridgehead atoms. The number of aryl methyl sites for hydroxylation is 1. The molecule has 0 aromatic heterocycles. The van der Waals surface area contributed by atoms with Crippen LogP contribution in [0.25, 0.3) is 0 Å². The number of ketones is 1. The average molecular weight is 380 g/mol. The first-order valence-electron chi connectivity index (χ1n) is 10.3. The molecule has 4 atom stereocenters. The number of aliphatic hydroxyl groups is 1. The van der Waals surface area contributed by atoms with Crippen molar-refractivity contribution in [2.45, 2.75) is 45.6 Å². The minimum absolute atomic E-state index is 0.0519. The summed E-state index contributed by atoms with van der Waals surface area (Å²) in [6.45, 7) is 10.9. The fourth-order valence-corrected chi connectivity index (χ4v) is 4.52. The molecule has 28 heavy (non-hydrogen) atoms. The third-order valence-electron chi connectivity index (χ3n) is 6.74. The van der Waals surface area contributed by atoms with Crippen molar-refractivity contribution in [2.24, 2.45) is 11.8 Å². The van der Waals surface area contributed by atoms with Crippen molar-refractivity contribution in [1.82, 2.24) is 4.90 Å². The second-order valence-corrected chi connectivity index (χ2v) is 8.77. The number of hydrogen-bond donors (Lipinski definition) is 1. The van der Waals surface area contributed by atoms with Crippen LogP contribution >= 0.6 is 0 Å². The zero-order valence-electron chi connectivity index (χ0n) is 17.6. The standard InChI is InChI=1S/C25H33NO2/c1-18-9-8-12-22(15-18)25(4)13-14-26(16-19(25)2)17-23(20(3)27)24(28)21-10-6-5-7-11-21/h5-12,15,19,23-24,28H,13-14,16-17H2,1-4H3/t19-,23-,24+,25+/m0/s1. The van der Waals surface area contributed by atoms with Gasteiger partial charge in [-0.15, -0.1) is 0 Å². The van der Waals surface area contributed by atoms with E-state index in [2.05, 4.69) is 49.9 Å². The lowest BCUT2D eigenvalue weighted by Gasteiger charge is -2.46. The molecule has 3 nitrogen and oxygen atoms in total. The number of carbonyl (C=O) groups is 1. The van der Waals surface area contributed by atoms with Gasteiger partial charge in [-0.05, 0) is 49.3 Å². The van der Waals surface area contributed by atoms with Gasteiger partial charge in [-0.2, -0.15) is 0 Å². The van der Waals surface area contributed by atoms with Crippen LogP contribution < -0.4 is 0 Å². The Morgan fingerprint density at radius 2 is 1.93 bits per heavy atom. The molecule has 0 amide bonds. The molecule has 0 saturated carbocycles. The minimum Gasteiger partial charge on any atom is -0.388 e. The van der Waals surface area contributed by atoms with E-state index in [1.807, 2.05) is 30.3 Å². The maximum atomic E-state index is 12.3. The number of benzene rings is 2. The van der Waals surface area contributed by atoms with E-state index < -0.39 is 12.0 Å². The normalized spacial score (nSPS) is 25.2. The number of likely N-dealkylation sites (tertiary alicyclic amines) is 1. The van der Waals surface area contributed by atoms with Gasteiger partial charge in [0.2, 0.25) is 0 Å². The number of Topliss-reactive ketones (excluding diaryl/α,β-unsaturated/α-hetero) is 1. The second-order valence-electron chi connectivity index (χ2n) is 8.77. The van der Waals surface area contributed by atoms with Crippen LogP contribution in [0, 0.1) is 18.8 Å². The first kappa shape index (κ1) is 20.8. The predicted octanol–water partition coefficient (Wildman–Crippen LogP) is 4.53. The lowest BCUT2D eigenvalue weighted by molar-refractivity contribution is -0.125. The topological polar surface area (TPSA) is 40.5 Å². The van der Waals surface area contributed by atoms with E-state index in [9.17, 15) is 9.90 Å². The molecule has 1 saturated heterocycles. The molecule has 0 radical (unpaired) electrons. The summed E-state index contributed by atoms with van der Waals surface area (Å²) in [6, 6.07) is 18.4. The van der Waals surface area contributed by atoms with Gasteiger partial charge in [0.1, 0.15) is 5.78 Å². The van der Waals surface area contributed by atoms with E-state index >= 15 is 0 Å². The summed E-state index contributed by atoms with van der Waals surface area (Å²) in [5.74, 6) is 0.137. The summed E-state index contributed by atoms with van der Waals surface area (Å²) >= 11 is 0. The molecule has 1 N–H and O–H groups in total. The highest BCUT2D eigenvalue weighted by Gasteiger charge is 2.39. The third-order valence-corrected chi connectivity index (χ3v) is 6.74. The maximum Gasteiger partial charge on any atom is 0.137 e. The Balaban J connectivity index is 1.71. The summed E-state index contributed by atoms with van der Waals surface area (Å²) in [5.41, 5.74) is 3.67. The summed E-state index contributed by atoms with van der Waals surface area (Å²) < 4.78 is 0. The first-order chi connectivity index (χ1) is 13.3. The highest BCUT2D eigenvalue weighted by atomic mass is 16.3. The lowest BCUT2D eigenvalue weighted by Crippen LogP contribution is -2.49. The summed E-state index contributed by atoms with van der Waals surface area (Å²) in [4.78, 5) is 14.7. The van der Waals surface area contributed by atoms with E-state index in [-0.39, 0.29) is 11.2 Å². The Hall–Kier alpha value is -1.97. The third kappa shape index (κ3) is 4.37. The monoisotopic (exact) mass is 379 g/mol. The van der Waals surface area contributed by atoms with Gasteiger partial charge in [0.25, 0.3) is 0 Å². The van der Waals surface area contributed by atoms with Crippen molar-refractivity contribution in [2.75, 3.05) is 19.6 Å². The van der Waals surface area contributed by atoms with Gasteiger partial charge in [-0.1, -0.05) is 74.0 Å². The molecule has 1 aliphatic rings. The van der Waals surface area contributed by atoms with Gasteiger partial charge in [-0.3, -0.25) is 4.79 Å². The van der Waals surface area contributed by atoms with Crippen LogP contribution in [-0.2, 0) is 10.2 Å². The molecule has 0 aliphatic carbocycles. The fraction of sp³-hybridized carbons (Fsp3) is 0.480. The van der Waals surface area contributed by atoms with Gasteiger partial charge < -0.3 is 10.0 Å². The number of aliphatic hydroxyl groups excluding tert-OH is 1. The molecule has 2 aromatic carbocycles. The summed E-state index contributed by atoms with van der Waals surface area (Å²) in [5, 5.41) is 10.8. The van der Waals surface area contributed by atoms with E-state index in [1.54, 1.807) is 6.92 Å². The van der Waals surface area contributed by atoms with Gasteiger partial charge in [0, 0.05) is 13.1 Å². The van der Waals surface area contributed by atoms with Crippen molar-refractivity contribution in [1.29, 1.82) is 0 Å². The van der Waals surface area contributed by atoms with Gasteiger partial charge in [0.05, 0.1) is 12.0 Å². The van der Waals surface area contributed by atoms with Crippen molar-refractivity contribution in [3.63, 3.8) is 0 Å². The number of rotatable bonds is 6. The van der Waals surface area contributed by atoms with Gasteiger partial charge >= 0.3 is 0 Å². The van der Waals surface area contributed by atoms with Crippen molar-refractivity contribution < 1.29 is 9.90 Å². The van der Waals surface area contributed by atoms with Crippen LogP contribution in [0.15, 0.2) is 54.6 Å². The Bertz CT molecular complexity index is 803. The van der Waals surface area contributed by atoms with Crippen LogP contribution in [0.5, 0.6) is 0 Å². The number of nitrogens with zero attached hydrogens (tertiary/aromatic N) is 1. The molecular formula is C25H33NO2. The number of carbonyl (C=O) groups excluding carboxylic acids is 1. The quantitative estimate of drug-likeness (QED) is 0.801. The van der Waals surface area contributed by atoms with Crippen LogP contribution in [0.3, 0.4) is 0 Å². The molecule has 1 fully saturated rings. The van der Waals surface area contributed by atoms with Crippen molar-refractivity contribution >= 4 is 5.78 Å². The van der Waals surface area contributed by atoms with Gasteiger partial charge in [0.15, 0.2) is 0 Å². The summed E-state index contributed by atoms with van der Waals surface area (Å²) in [6.07, 6.45) is 0.308. The number of piperidine rings is 1. The molecule has 3 heteroatoms. The average Bonchev–Trinajstić information content (AvgIpc) is 2.69. The van der Waals surface area contributed by atoms with E-state index in [0.717, 1.165) is 25.1 Å². The summed E-state index contributed by atoms with van der Waals surface area (Å²) in [7, 11) is 0. The molecule has 1 heterocycles. The lowest BCUT2D eigenvalue weighted by atomic mass is 9.67. The maximum absolute atomic E-state index is 12.3. The van der Waals surface area contributed by atoms with E-state index in [4.69, 9.17) is 0 Å². The Morgan fingerprint density at radius 3 is 2.54 bits per heavy atom. The molecule has 3 rings (SSSR count). The highest BCUT2D eigenvalue weighted by molar-refractivity contribution is 5.79. The molecule has 0 unspecified atom stereocenters. The van der Waals surface area contributed by atoms with Crippen LogP contribution in [-0.4, -0.2) is 35.4 Å². The number of hydrogen-bond acceptors (Lipinski definition) is 3. The first-order valence-corrected chi connectivity index (χ1v) is 10.3. The largest absolute Gasteiger partial charge is 0.388 e. The molecular weight excluding hydrogens is 346 g/mol. The van der Waals surface area contributed by atoms with Crippen molar-refractivity contribution in [3.05, 3.63) is 71.3 Å². The van der Waals surface area contributed by atoms with E-state index in [1.165, 1.54) is 11.1 Å². The second kappa shape index (κ2) is 8.59. The van der Waals surface area contributed by atoms with Gasteiger partial charge in [-0.25, -0.2) is 0 Å². The molecule has 0 spiro atoms. The zero-order valence-corrected chi connectivity index (χ0v) is 17.6. The molecule has 2 aromatic rings. The van der Waals surface area contributed by atoms with E-state index in [0.29, 0.717) is 12.5 Å². The highest BCUT2D eigenvalue weighted by Crippen LogP contribution is 2.40. The Labute approximate surface area is 169 Å². The van der Waals surface area contributed by atoms with Crippen LogP contribution in [0.4, 0.5) is 0 Å². The zero-order chi connectivity index (χ0) is 20.3.